The third-order valence-corrected chi connectivity index (χ3v) is 3.92. The van der Waals surface area contributed by atoms with Gasteiger partial charge in [-0.2, -0.15) is 0 Å². The number of halogens is 1. The Morgan fingerprint density at radius 1 is 1.38 bits per heavy atom. The molecular weight excluding hydrogens is 290 g/mol. The van der Waals surface area contributed by atoms with Crippen molar-refractivity contribution in [2.45, 2.75) is 26.7 Å². The van der Waals surface area contributed by atoms with E-state index in [4.69, 9.17) is 9.47 Å². The van der Waals surface area contributed by atoms with Gasteiger partial charge in [0.2, 0.25) is 0 Å². The van der Waals surface area contributed by atoms with E-state index in [0.29, 0.717) is 19.8 Å². The van der Waals surface area contributed by atoms with Crippen molar-refractivity contribution in [2.24, 2.45) is 0 Å². The van der Waals surface area contributed by atoms with Crippen molar-refractivity contribution >= 4 is 27.3 Å². The van der Waals surface area contributed by atoms with E-state index in [9.17, 15) is 0 Å². The molecule has 1 heterocycles. The normalized spacial score (nSPS) is 11.2. The molecule has 0 radical (unpaired) electrons. The van der Waals surface area contributed by atoms with E-state index in [2.05, 4.69) is 32.7 Å². The number of hydrogen-bond acceptors (Lipinski definition) is 4. The monoisotopic (exact) mass is 307 g/mol. The molecule has 3 nitrogen and oxygen atoms in total. The van der Waals surface area contributed by atoms with E-state index < -0.39 is 0 Å². The van der Waals surface area contributed by atoms with Gasteiger partial charge in [0.25, 0.3) is 0 Å². The van der Waals surface area contributed by atoms with Crippen LogP contribution in [0.2, 0.25) is 0 Å². The van der Waals surface area contributed by atoms with Crippen LogP contribution >= 0.6 is 27.3 Å². The highest BCUT2D eigenvalue weighted by molar-refractivity contribution is 9.10. The van der Waals surface area contributed by atoms with Crippen molar-refractivity contribution in [1.82, 2.24) is 5.32 Å². The molecule has 16 heavy (non-hydrogen) atoms. The summed E-state index contributed by atoms with van der Waals surface area (Å²) in [5.74, 6) is 0. The fraction of sp³-hybridized carbons (Fsp3) is 0.636. The van der Waals surface area contributed by atoms with E-state index in [1.807, 2.05) is 13.8 Å². The lowest BCUT2D eigenvalue weighted by Crippen LogP contribution is -2.31. The molecule has 92 valence electrons. The molecule has 0 saturated carbocycles. The zero-order valence-electron chi connectivity index (χ0n) is 9.66. The number of hydrogen-bond donors (Lipinski definition) is 1. The van der Waals surface area contributed by atoms with Crippen LogP contribution < -0.4 is 5.32 Å². The fourth-order valence-electron chi connectivity index (χ4n) is 1.29. The maximum Gasteiger partial charge on any atom is 0.169 e. The van der Waals surface area contributed by atoms with Crippen LogP contribution in [0.15, 0.2) is 15.9 Å². The van der Waals surface area contributed by atoms with Crippen molar-refractivity contribution in [2.75, 3.05) is 19.8 Å². The molecule has 1 aromatic rings. The van der Waals surface area contributed by atoms with E-state index in [-0.39, 0.29) is 6.29 Å². The highest BCUT2D eigenvalue weighted by atomic mass is 79.9. The first-order valence-corrected chi connectivity index (χ1v) is 7.11. The van der Waals surface area contributed by atoms with Crippen LogP contribution in [0.1, 0.15) is 18.7 Å². The van der Waals surface area contributed by atoms with Crippen molar-refractivity contribution < 1.29 is 9.47 Å². The van der Waals surface area contributed by atoms with Crippen molar-refractivity contribution in [3.8, 4) is 0 Å². The van der Waals surface area contributed by atoms with E-state index in [1.165, 1.54) is 4.88 Å². The summed E-state index contributed by atoms with van der Waals surface area (Å²) in [6.45, 7) is 6.86. The minimum absolute atomic E-state index is 0.145. The van der Waals surface area contributed by atoms with Gasteiger partial charge in [-0.05, 0) is 41.2 Å². The predicted octanol–water partition coefficient (Wildman–Crippen LogP) is 3.00. The van der Waals surface area contributed by atoms with Gasteiger partial charge in [0.05, 0.1) is 0 Å². The van der Waals surface area contributed by atoms with Crippen molar-refractivity contribution in [3.63, 3.8) is 0 Å². The second kappa shape index (κ2) is 8.20. The SMILES string of the molecule is CCOC(CNCc1sccc1Br)OCC. The Hall–Kier alpha value is 0.0600. The zero-order valence-corrected chi connectivity index (χ0v) is 12.1. The highest BCUT2D eigenvalue weighted by Crippen LogP contribution is 2.22. The quantitative estimate of drug-likeness (QED) is 0.749. The predicted molar refractivity (Wildman–Crippen MR) is 70.8 cm³/mol. The summed E-state index contributed by atoms with van der Waals surface area (Å²) in [4.78, 5) is 1.30. The Kier molecular flexibility index (Phi) is 7.23. The molecule has 0 fully saturated rings. The molecule has 0 saturated heterocycles. The third-order valence-electron chi connectivity index (χ3n) is 1.99. The van der Waals surface area contributed by atoms with Gasteiger partial charge in [-0.15, -0.1) is 11.3 Å². The van der Waals surface area contributed by atoms with E-state index in [0.717, 1.165) is 11.0 Å². The van der Waals surface area contributed by atoms with Gasteiger partial charge >= 0.3 is 0 Å². The van der Waals surface area contributed by atoms with Crippen LogP contribution in [0.25, 0.3) is 0 Å². The van der Waals surface area contributed by atoms with Crippen LogP contribution in [-0.4, -0.2) is 26.0 Å². The molecule has 1 rings (SSSR count). The van der Waals surface area contributed by atoms with Gasteiger partial charge in [-0.1, -0.05) is 0 Å². The number of rotatable bonds is 8. The molecular formula is C11H18BrNO2S. The fourth-order valence-corrected chi connectivity index (χ4v) is 2.75. The number of nitrogens with one attached hydrogen (secondary N) is 1. The maximum atomic E-state index is 5.44. The summed E-state index contributed by atoms with van der Waals surface area (Å²) in [6, 6.07) is 2.06. The summed E-state index contributed by atoms with van der Waals surface area (Å²) in [7, 11) is 0. The average molecular weight is 308 g/mol. The van der Waals surface area contributed by atoms with Gasteiger partial charge in [0, 0.05) is 35.7 Å². The highest BCUT2D eigenvalue weighted by Gasteiger charge is 2.07. The number of thiophene rings is 1. The molecule has 1 aromatic heterocycles. The Morgan fingerprint density at radius 3 is 2.56 bits per heavy atom. The first-order valence-electron chi connectivity index (χ1n) is 5.43. The summed E-state index contributed by atoms with van der Waals surface area (Å²) in [5.41, 5.74) is 0. The van der Waals surface area contributed by atoms with Gasteiger partial charge in [-0.25, -0.2) is 0 Å². The number of ether oxygens (including phenoxy) is 2. The lowest BCUT2D eigenvalue weighted by Gasteiger charge is -2.17. The first-order chi connectivity index (χ1) is 7.77. The molecule has 0 spiro atoms. The molecule has 0 aliphatic rings. The largest absolute Gasteiger partial charge is 0.352 e. The molecule has 0 bridgehead atoms. The minimum Gasteiger partial charge on any atom is -0.352 e. The molecule has 1 N–H and O–H groups in total. The standard InChI is InChI=1S/C11H18BrNO2S/c1-3-14-11(15-4-2)8-13-7-10-9(12)5-6-16-10/h5-6,11,13H,3-4,7-8H2,1-2H3. The van der Waals surface area contributed by atoms with Gasteiger partial charge < -0.3 is 14.8 Å². The maximum absolute atomic E-state index is 5.44. The molecule has 0 aromatic carbocycles. The molecule has 0 amide bonds. The second-order valence-corrected chi connectivity index (χ2v) is 5.02. The van der Waals surface area contributed by atoms with E-state index in [1.54, 1.807) is 11.3 Å². The van der Waals surface area contributed by atoms with E-state index >= 15 is 0 Å². The zero-order chi connectivity index (χ0) is 11.8. The Morgan fingerprint density at radius 2 is 2.06 bits per heavy atom. The van der Waals surface area contributed by atoms with Crippen LogP contribution in [0.5, 0.6) is 0 Å². The smallest absolute Gasteiger partial charge is 0.169 e. The lowest BCUT2D eigenvalue weighted by atomic mass is 10.4. The molecule has 0 atom stereocenters. The average Bonchev–Trinajstić information content (AvgIpc) is 2.65. The van der Waals surface area contributed by atoms with Crippen molar-refractivity contribution in [1.29, 1.82) is 0 Å². The molecule has 0 aliphatic carbocycles. The Bertz CT molecular complexity index is 287. The molecule has 0 unspecified atom stereocenters. The summed E-state index contributed by atoms with van der Waals surface area (Å²) in [5, 5.41) is 5.40. The van der Waals surface area contributed by atoms with Crippen molar-refractivity contribution in [3.05, 3.63) is 20.8 Å². The molecule has 0 aliphatic heterocycles. The summed E-state index contributed by atoms with van der Waals surface area (Å²) in [6.07, 6.45) is -0.145. The minimum atomic E-state index is -0.145. The topological polar surface area (TPSA) is 30.5 Å². The Labute approximate surface area is 109 Å². The van der Waals surface area contributed by atoms with Gasteiger partial charge in [0.1, 0.15) is 0 Å². The molecule has 5 heteroatoms. The second-order valence-electron chi connectivity index (χ2n) is 3.16. The van der Waals surface area contributed by atoms with Crippen LogP contribution in [0.3, 0.4) is 0 Å². The van der Waals surface area contributed by atoms with Gasteiger partial charge in [-0.3, -0.25) is 0 Å². The van der Waals surface area contributed by atoms with Crippen LogP contribution in [0.4, 0.5) is 0 Å². The first kappa shape index (κ1) is 14.1. The van der Waals surface area contributed by atoms with Crippen LogP contribution in [0, 0.1) is 0 Å². The summed E-state index contributed by atoms with van der Waals surface area (Å²) < 4.78 is 12.0. The lowest BCUT2D eigenvalue weighted by molar-refractivity contribution is -0.133. The summed E-state index contributed by atoms with van der Waals surface area (Å²) >= 11 is 5.24. The van der Waals surface area contributed by atoms with Gasteiger partial charge in [0.15, 0.2) is 6.29 Å². The Balaban J connectivity index is 2.24. The third kappa shape index (κ3) is 4.93. The van der Waals surface area contributed by atoms with Crippen LogP contribution in [-0.2, 0) is 16.0 Å².